The number of imide groups is 1. The highest BCUT2D eigenvalue weighted by molar-refractivity contribution is 8.13. The summed E-state index contributed by atoms with van der Waals surface area (Å²) in [5, 5.41) is -2.00. The summed E-state index contributed by atoms with van der Waals surface area (Å²) in [6.07, 6.45) is 2.68. The quantitative estimate of drug-likeness (QED) is 0.110. The molecule has 39 heavy (non-hydrogen) atoms. The number of allylic oxidation sites excluding steroid dienone is 1. The number of carbonyl (C=O) groups is 6. The molecule has 12 nitrogen and oxygen atoms in total. The van der Waals surface area contributed by atoms with E-state index < -0.39 is 52.3 Å². The molecule has 1 saturated heterocycles. The van der Waals surface area contributed by atoms with Gasteiger partial charge in [0.25, 0.3) is 17.7 Å². The van der Waals surface area contributed by atoms with Crippen LogP contribution in [0.25, 0.3) is 0 Å². The van der Waals surface area contributed by atoms with E-state index in [9.17, 15) is 28.8 Å². The van der Waals surface area contributed by atoms with Gasteiger partial charge >= 0.3 is 17.4 Å². The number of β-lactam (4-membered cyclic amide) rings is 1. The van der Waals surface area contributed by atoms with Crippen molar-refractivity contribution in [1.29, 1.82) is 0 Å². The molecule has 2 aliphatic carbocycles. The standard InChI is InChI=1S/C26H26N2O10S/c1-13(38-25(33)36-11-14-7-8-14)18(24(32)35-2)28-22(31)19(23(28)39-26(34)37-12-15-9-10-15)27-20(29)16-5-3-4-6-17(16)21(27)30/h3-6,14-15,19,23H,7-12H2,1-2H3/b18-13-. The lowest BCUT2D eigenvalue weighted by molar-refractivity contribution is -0.153. The van der Waals surface area contributed by atoms with E-state index in [2.05, 4.69) is 0 Å². The first kappa shape index (κ1) is 26.7. The van der Waals surface area contributed by atoms with E-state index >= 15 is 0 Å². The number of rotatable bonds is 9. The minimum atomic E-state index is -1.43. The Morgan fingerprint density at radius 2 is 1.49 bits per heavy atom. The van der Waals surface area contributed by atoms with Crippen LogP contribution in [-0.2, 0) is 28.5 Å². The zero-order valence-corrected chi connectivity index (χ0v) is 22.1. The molecule has 0 N–H and O–H groups in total. The van der Waals surface area contributed by atoms with E-state index in [-0.39, 0.29) is 41.9 Å². The second-order valence-corrected chi connectivity index (χ2v) is 10.7. The molecule has 3 amide bonds. The molecule has 2 unspecified atom stereocenters. The molecule has 0 radical (unpaired) electrons. The van der Waals surface area contributed by atoms with Gasteiger partial charge in [-0.05, 0) is 68.3 Å². The lowest BCUT2D eigenvalue weighted by Gasteiger charge is -2.48. The van der Waals surface area contributed by atoms with Crippen LogP contribution in [0.3, 0.4) is 0 Å². The van der Waals surface area contributed by atoms with E-state index in [0.29, 0.717) is 11.8 Å². The number of likely N-dealkylation sites (tertiary alicyclic amines) is 1. The van der Waals surface area contributed by atoms with Crippen LogP contribution in [0.4, 0.5) is 9.59 Å². The average molecular weight is 559 g/mol. The van der Waals surface area contributed by atoms with Crippen molar-refractivity contribution < 1.29 is 47.7 Å². The smallest absolute Gasteiger partial charge is 0.464 e. The number of fused-ring (bicyclic) bond motifs is 1. The second-order valence-electron chi connectivity index (χ2n) is 9.69. The lowest BCUT2D eigenvalue weighted by Crippen LogP contribution is -2.70. The van der Waals surface area contributed by atoms with Crippen LogP contribution >= 0.6 is 11.8 Å². The van der Waals surface area contributed by atoms with Crippen molar-refractivity contribution in [3.8, 4) is 0 Å². The van der Waals surface area contributed by atoms with Crippen molar-refractivity contribution in [2.45, 2.75) is 44.0 Å². The highest BCUT2D eigenvalue weighted by atomic mass is 32.2. The van der Waals surface area contributed by atoms with Gasteiger partial charge < -0.3 is 18.9 Å². The number of hydrogen-bond donors (Lipinski definition) is 0. The zero-order valence-electron chi connectivity index (χ0n) is 21.2. The number of benzene rings is 1. The van der Waals surface area contributed by atoms with Crippen LogP contribution in [0, 0.1) is 11.8 Å². The van der Waals surface area contributed by atoms with Gasteiger partial charge in [-0.1, -0.05) is 12.1 Å². The Morgan fingerprint density at radius 1 is 0.923 bits per heavy atom. The summed E-state index contributed by atoms with van der Waals surface area (Å²) < 4.78 is 20.3. The van der Waals surface area contributed by atoms with E-state index in [1.807, 2.05) is 0 Å². The fourth-order valence-corrected chi connectivity index (χ4v) is 5.30. The molecule has 1 aromatic rings. The fraction of sp³-hybridized carbons (Fsp3) is 0.462. The summed E-state index contributed by atoms with van der Waals surface area (Å²) in [4.78, 5) is 79.2. The first-order valence-corrected chi connectivity index (χ1v) is 13.4. The lowest BCUT2D eigenvalue weighted by atomic mass is 10.0. The Labute approximate surface area is 227 Å². The molecule has 0 aromatic heterocycles. The van der Waals surface area contributed by atoms with Crippen LogP contribution in [0.5, 0.6) is 0 Å². The molecule has 2 aliphatic heterocycles. The third-order valence-corrected chi connectivity index (χ3v) is 7.81. The summed E-state index contributed by atoms with van der Waals surface area (Å²) in [5.41, 5.74) is -0.225. The highest BCUT2D eigenvalue weighted by Gasteiger charge is 2.60. The number of nitrogens with zero attached hydrogens (tertiary/aromatic N) is 2. The maximum absolute atomic E-state index is 13.5. The first-order valence-electron chi connectivity index (χ1n) is 12.5. The van der Waals surface area contributed by atoms with E-state index in [0.717, 1.165) is 42.6 Å². The van der Waals surface area contributed by atoms with Crippen LogP contribution < -0.4 is 0 Å². The van der Waals surface area contributed by atoms with Gasteiger partial charge in [-0.15, -0.1) is 0 Å². The number of amides is 3. The molecule has 1 aromatic carbocycles. The fourth-order valence-electron chi connectivity index (χ4n) is 4.29. The molecule has 2 saturated carbocycles. The summed E-state index contributed by atoms with van der Waals surface area (Å²) >= 11 is 0.545. The van der Waals surface area contributed by atoms with E-state index in [1.165, 1.54) is 19.1 Å². The highest BCUT2D eigenvalue weighted by Crippen LogP contribution is 2.42. The van der Waals surface area contributed by atoms with Crippen molar-refractivity contribution >= 4 is 46.9 Å². The van der Waals surface area contributed by atoms with Gasteiger partial charge in [0.1, 0.15) is 11.1 Å². The third kappa shape index (κ3) is 5.35. The number of esters is 1. The average Bonchev–Trinajstić information content (AvgIpc) is 3.85. The van der Waals surface area contributed by atoms with Gasteiger partial charge in [-0.3, -0.25) is 24.2 Å². The van der Waals surface area contributed by atoms with Crippen molar-refractivity contribution in [3.05, 3.63) is 46.8 Å². The SMILES string of the molecule is COC(=O)/C(=C(\C)OC(=O)OCC1CC1)N1C(=O)C(N2C(=O)c3ccccc3C2=O)C1SC(=O)OCC1CC1. The molecule has 2 heterocycles. The Morgan fingerprint density at radius 3 is 2.03 bits per heavy atom. The van der Waals surface area contributed by atoms with Crippen molar-refractivity contribution in [3.63, 3.8) is 0 Å². The Bertz CT molecular complexity index is 1250. The third-order valence-electron chi connectivity index (χ3n) is 6.79. The predicted octanol–water partition coefficient (Wildman–Crippen LogP) is 3.07. The van der Waals surface area contributed by atoms with Crippen LogP contribution in [0.15, 0.2) is 35.7 Å². The van der Waals surface area contributed by atoms with Crippen LogP contribution in [0.1, 0.15) is 53.3 Å². The number of carbonyl (C=O) groups excluding carboxylic acids is 6. The van der Waals surface area contributed by atoms with Crippen molar-refractivity contribution in [2.24, 2.45) is 11.8 Å². The van der Waals surface area contributed by atoms with Crippen molar-refractivity contribution in [2.75, 3.05) is 20.3 Å². The molecule has 5 rings (SSSR count). The van der Waals surface area contributed by atoms with Gasteiger partial charge in [0.05, 0.1) is 31.5 Å². The van der Waals surface area contributed by atoms with Gasteiger partial charge in [-0.25, -0.2) is 14.4 Å². The zero-order chi connectivity index (χ0) is 27.8. The topological polar surface area (TPSA) is 146 Å². The maximum Gasteiger partial charge on any atom is 0.513 e. The summed E-state index contributed by atoms with van der Waals surface area (Å²) in [6, 6.07) is 4.68. The van der Waals surface area contributed by atoms with Gasteiger partial charge in [-0.2, -0.15) is 0 Å². The molecule has 0 bridgehead atoms. The molecule has 13 heteroatoms. The normalized spacial score (nSPS) is 22.6. The predicted molar refractivity (Wildman–Crippen MR) is 133 cm³/mol. The minimum absolute atomic E-state index is 0.121. The molecule has 0 spiro atoms. The molecule has 206 valence electrons. The molecule has 4 aliphatic rings. The largest absolute Gasteiger partial charge is 0.513 e. The second kappa shape index (κ2) is 10.7. The number of ether oxygens (including phenoxy) is 4. The molecular formula is C26H26N2O10S. The Balaban J connectivity index is 1.43. The van der Waals surface area contributed by atoms with Crippen molar-refractivity contribution in [1.82, 2.24) is 9.80 Å². The molecular weight excluding hydrogens is 532 g/mol. The number of methoxy groups -OCH3 is 1. The minimum Gasteiger partial charge on any atom is -0.464 e. The monoisotopic (exact) mass is 558 g/mol. The van der Waals surface area contributed by atoms with Crippen LogP contribution in [0.2, 0.25) is 0 Å². The summed E-state index contributed by atoms with van der Waals surface area (Å²) in [6.45, 7) is 1.62. The van der Waals surface area contributed by atoms with Gasteiger partial charge in [0.15, 0.2) is 11.7 Å². The van der Waals surface area contributed by atoms with Gasteiger partial charge in [0.2, 0.25) is 0 Å². The molecule has 2 atom stereocenters. The Kier molecular flexibility index (Phi) is 7.34. The van der Waals surface area contributed by atoms with E-state index in [1.54, 1.807) is 12.1 Å². The van der Waals surface area contributed by atoms with Gasteiger partial charge in [0, 0.05) is 0 Å². The maximum atomic E-state index is 13.5. The summed E-state index contributed by atoms with van der Waals surface area (Å²) in [7, 11) is 1.07. The summed E-state index contributed by atoms with van der Waals surface area (Å²) in [5.74, 6) is -3.06. The van der Waals surface area contributed by atoms with E-state index in [4.69, 9.17) is 18.9 Å². The van der Waals surface area contributed by atoms with Crippen LogP contribution in [-0.4, -0.2) is 76.7 Å². The first-order chi connectivity index (χ1) is 18.7. The number of thioether (sulfide) groups is 1. The number of hydrogen-bond acceptors (Lipinski definition) is 11. The molecule has 3 fully saturated rings. The Hall–Kier alpha value is -3.87.